The predicted octanol–water partition coefficient (Wildman–Crippen LogP) is 3.57. The number of anilines is 1. The molecule has 0 N–H and O–H groups in total. The first-order chi connectivity index (χ1) is 12.6. The lowest BCUT2D eigenvalue weighted by molar-refractivity contribution is -0.132. The van der Waals surface area contributed by atoms with Crippen molar-refractivity contribution < 1.29 is 9.59 Å². The van der Waals surface area contributed by atoms with Crippen LogP contribution in [0.25, 0.3) is 0 Å². The predicted molar refractivity (Wildman–Crippen MR) is 99.9 cm³/mol. The number of carbonyl (C=O) groups excluding carboxylic acids is 2. The Hall–Kier alpha value is -2.69. The zero-order valence-electron chi connectivity index (χ0n) is 15.1. The van der Waals surface area contributed by atoms with Crippen molar-refractivity contribution in [1.82, 2.24) is 9.88 Å². The van der Waals surface area contributed by atoms with Gasteiger partial charge in [0, 0.05) is 37.1 Å². The third kappa shape index (κ3) is 2.87. The first kappa shape index (κ1) is 16.8. The van der Waals surface area contributed by atoms with E-state index in [4.69, 9.17) is 0 Å². The van der Waals surface area contributed by atoms with Crippen LogP contribution in [0.5, 0.6) is 0 Å². The highest BCUT2D eigenvalue weighted by Gasteiger charge is 2.42. The minimum atomic E-state index is -0.0442. The zero-order chi connectivity index (χ0) is 18.3. The molecule has 4 rings (SSSR count). The molecule has 1 aromatic heterocycles. The van der Waals surface area contributed by atoms with Gasteiger partial charge in [0.05, 0.1) is 11.6 Å². The number of carbonyl (C=O) groups is 2. The third-order valence-electron chi connectivity index (χ3n) is 5.33. The second-order valence-corrected chi connectivity index (χ2v) is 7.23. The van der Waals surface area contributed by atoms with Gasteiger partial charge in [-0.15, -0.1) is 0 Å². The molecule has 5 heteroatoms. The van der Waals surface area contributed by atoms with Gasteiger partial charge in [0.25, 0.3) is 5.91 Å². The fraction of sp³-hybridized carbons (Fsp3) is 0.381. The van der Waals surface area contributed by atoms with Crippen LogP contribution in [0, 0.1) is 0 Å². The van der Waals surface area contributed by atoms with Crippen molar-refractivity contribution in [3.05, 3.63) is 59.9 Å². The van der Waals surface area contributed by atoms with Crippen LogP contribution in [0.15, 0.2) is 48.8 Å². The lowest BCUT2D eigenvalue weighted by Gasteiger charge is -2.43. The Kier molecular flexibility index (Phi) is 4.23. The molecule has 1 fully saturated rings. The van der Waals surface area contributed by atoms with Crippen molar-refractivity contribution in [2.45, 2.75) is 51.2 Å². The number of fused-ring (bicyclic) bond motifs is 1. The summed E-state index contributed by atoms with van der Waals surface area (Å²) in [5.74, 6) is 0.0730. The summed E-state index contributed by atoms with van der Waals surface area (Å²) in [5.41, 5.74) is 2.54. The van der Waals surface area contributed by atoms with Gasteiger partial charge in [-0.2, -0.15) is 0 Å². The molecule has 2 amide bonds. The Morgan fingerprint density at radius 2 is 1.92 bits per heavy atom. The fourth-order valence-electron chi connectivity index (χ4n) is 4.07. The summed E-state index contributed by atoms with van der Waals surface area (Å²) in [5, 5.41) is 0. The largest absolute Gasteiger partial charge is 0.333 e. The van der Waals surface area contributed by atoms with Crippen LogP contribution in [0.4, 0.5) is 5.69 Å². The number of aromatic nitrogens is 1. The van der Waals surface area contributed by atoms with Crippen molar-refractivity contribution in [2.24, 2.45) is 0 Å². The number of amides is 2. The van der Waals surface area contributed by atoms with Crippen LogP contribution in [-0.2, 0) is 4.79 Å². The van der Waals surface area contributed by atoms with Crippen LogP contribution in [0.3, 0.4) is 0 Å². The third-order valence-corrected chi connectivity index (χ3v) is 5.33. The van der Waals surface area contributed by atoms with Gasteiger partial charge in [-0.1, -0.05) is 18.2 Å². The molecule has 1 saturated carbocycles. The highest BCUT2D eigenvalue weighted by molar-refractivity contribution is 6.07. The summed E-state index contributed by atoms with van der Waals surface area (Å²) in [7, 11) is 0. The molecule has 0 bridgehead atoms. The molecular formula is C21H23N3O2. The summed E-state index contributed by atoms with van der Waals surface area (Å²) in [4.78, 5) is 33.4. The van der Waals surface area contributed by atoms with Gasteiger partial charge in [0.2, 0.25) is 5.91 Å². The van der Waals surface area contributed by atoms with Crippen LogP contribution < -0.4 is 4.90 Å². The van der Waals surface area contributed by atoms with E-state index in [1.807, 2.05) is 34.1 Å². The lowest BCUT2D eigenvalue weighted by Crippen LogP contribution is -2.47. The molecule has 2 aliphatic rings. The standard InChI is InChI=1S/C21H23N3O2/c1-14-12-20(24(15(2)25)17-9-10-17)18-7-3-4-8-19(18)23(14)21(26)16-6-5-11-22-13-16/h3-8,11,13-14,17,20H,9-10,12H2,1-2H3/t14-,20+/m0/s1. The molecule has 26 heavy (non-hydrogen) atoms. The molecule has 5 nitrogen and oxygen atoms in total. The Labute approximate surface area is 153 Å². The Morgan fingerprint density at radius 3 is 2.58 bits per heavy atom. The monoisotopic (exact) mass is 349 g/mol. The highest BCUT2D eigenvalue weighted by atomic mass is 16.2. The van der Waals surface area contributed by atoms with E-state index in [9.17, 15) is 9.59 Å². The number of benzene rings is 1. The summed E-state index contributed by atoms with van der Waals surface area (Å²) in [6.45, 7) is 3.71. The van der Waals surface area contributed by atoms with Crippen LogP contribution >= 0.6 is 0 Å². The Bertz CT molecular complexity index is 832. The Morgan fingerprint density at radius 1 is 1.15 bits per heavy atom. The molecule has 0 saturated heterocycles. The van der Waals surface area contributed by atoms with E-state index in [-0.39, 0.29) is 23.9 Å². The highest BCUT2D eigenvalue weighted by Crippen LogP contribution is 2.44. The van der Waals surface area contributed by atoms with Crippen molar-refractivity contribution in [3.8, 4) is 0 Å². The summed E-state index contributed by atoms with van der Waals surface area (Å²) >= 11 is 0. The van der Waals surface area contributed by atoms with E-state index >= 15 is 0 Å². The van der Waals surface area contributed by atoms with Crippen LogP contribution in [0.1, 0.15) is 55.1 Å². The number of hydrogen-bond donors (Lipinski definition) is 0. The van der Waals surface area contributed by atoms with E-state index in [0.717, 1.165) is 30.5 Å². The van der Waals surface area contributed by atoms with Crippen molar-refractivity contribution in [2.75, 3.05) is 4.90 Å². The lowest BCUT2D eigenvalue weighted by atomic mass is 9.89. The van der Waals surface area contributed by atoms with Crippen molar-refractivity contribution >= 4 is 17.5 Å². The fourth-order valence-corrected chi connectivity index (χ4v) is 4.07. The summed E-state index contributed by atoms with van der Waals surface area (Å²) in [6, 6.07) is 11.9. The summed E-state index contributed by atoms with van der Waals surface area (Å²) in [6.07, 6.45) is 6.17. The number of para-hydroxylation sites is 1. The SMILES string of the molecule is CC(=O)N(C1CC1)[C@@H]1C[C@H](C)N(C(=O)c2cccnc2)c2ccccc21. The minimum absolute atomic E-state index is 0.00297. The molecule has 0 radical (unpaired) electrons. The first-order valence-corrected chi connectivity index (χ1v) is 9.19. The molecule has 1 aliphatic carbocycles. The van der Waals surface area contributed by atoms with E-state index in [1.165, 1.54) is 0 Å². The van der Waals surface area contributed by atoms with Gasteiger partial charge in [-0.3, -0.25) is 14.6 Å². The topological polar surface area (TPSA) is 53.5 Å². The number of pyridine rings is 1. The first-order valence-electron chi connectivity index (χ1n) is 9.19. The van der Waals surface area contributed by atoms with Crippen LogP contribution in [-0.4, -0.2) is 33.8 Å². The molecule has 2 aromatic rings. The molecular weight excluding hydrogens is 326 g/mol. The van der Waals surface area contributed by atoms with Gasteiger partial charge in [0.15, 0.2) is 0 Å². The van der Waals surface area contributed by atoms with Gasteiger partial charge >= 0.3 is 0 Å². The maximum atomic E-state index is 13.1. The normalized spacial score (nSPS) is 21.8. The van der Waals surface area contributed by atoms with E-state index in [1.54, 1.807) is 31.5 Å². The zero-order valence-corrected chi connectivity index (χ0v) is 15.1. The quantitative estimate of drug-likeness (QED) is 0.851. The van der Waals surface area contributed by atoms with Crippen LogP contribution in [0.2, 0.25) is 0 Å². The molecule has 134 valence electrons. The Balaban J connectivity index is 1.75. The molecule has 0 spiro atoms. The van der Waals surface area contributed by atoms with Gasteiger partial charge in [-0.25, -0.2) is 0 Å². The summed E-state index contributed by atoms with van der Waals surface area (Å²) < 4.78 is 0. The number of rotatable bonds is 3. The molecule has 2 heterocycles. The van der Waals surface area contributed by atoms with Gasteiger partial charge in [0.1, 0.15) is 0 Å². The van der Waals surface area contributed by atoms with E-state index in [2.05, 4.69) is 11.9 Å². The molecule has 2 atom stereocenters. The average molecular weight is 349 g/mol. The smallest absolute Gasteiger partial charge is 0.260 e. The maximum absolute atomic E-state index is 13.1. The molecule has 0 unspecified atom stereocenters. The second-order valence-electron chi connectivity index (χ2n) is 7.23. The van der Waals surface area contributed by atoms with Crippen molar-refractivity contribution in [3.63, 3.8) is 0 Å². The second kappa shape index (κ2) is 6.56. The average Bonchev–Trinajstić information content (AvgIpc) is 3.47. The minimum Gasteiger partial charge on any atom is -0.333 e. The number of hydrogen-bond acceptors (Lipinski definition) is 3. The van der Waals surface area contributed by atoms with E-state index in [0.29, 0.717) is 11.6 Å². The van der Waals surface area contributed by atoms with Gasteiger partial charge in [-0.05, 0) is 49.9 Å². The molecule has 1 aliphatic heterocycles. The maximum Gasteiger partial charge on any atom is 0.260 e. The van der Waals surface area contributed by atoms with E-state index < -0.39 is 0 Å². The number of nitrogens with zero attached hydrogens (tertiary/aromatic N) is 3. The van der Waals surface area contributed by atoms with Gasteiger partial charge < -0.3 is 9.80 Å². The van der Waals surface area contributed by atoms with Crippen molar-refractivity contribution in [1.29, 1.82) is 0 Å². The molecule has 1 aromatic carbocycles.